The fraction of sp³-hybridized carbons (Fsp3) is 0.917. The van der Waals surface area contributed by atoms with E-state index in [4.69, 9.17) is 9.47 Å². The van der Waals surface area contributed by atoms with Gasteiger partial charge >= 0.3 is 5.97 Å². The molecule has 2 heterocycles. The lowest BCUT2D eigenvalue weighted by Crippen LogP contribution is -2.48. The van der Waals surface area contributed by atoms with Crippen molar-refractivity contribution < 1.29 is 19.1 Å². The first-order valence-electron chi connectivity index (χ1n) is 12.7. The number of fused-ring (bicyclic) bond motifs is 1. The first-order chi connectivity index (χ1) is 15.1. The lowest BCUT2D eigenvalue weighted by molar-refractivity contribution is -0.178. The predicted octanol–water partition coefficient (Wildman–Crippen LogP) is 2.44. The third-order valence-electron chi connectivity index (χ3n) is 7.94. The van der Waals surface area contributed by atoms with Gasteiger partial charge in [0.25, 0.3) is 0 Å². The Bertz CT molecular complexity index is 604. The van der Waals surface area contributed by atoms with Crippen molar-refractivity contribution in [1.82, 2.24) is 15.5 Å². The van der Waals surface area contributed by atoms with Crippen LogP contribution in [0.2, 0.25) is 0 Å². The summed E-state index contributed by atoms with van der Waals surface area (Å²) in [7, 11) is 0. The number of nitrogens with one attached hydrogen (secondary N) is 2. The van der Waals surface area contributed by atoms with Crippen molar-refractivity contribution in [3.63, 3.8) is 0 Å². The van der Waals surface area contributed by atoms with Crippen LogP contribution in [0.15, 0.2) is 0 Å². The second-order valence-electron chi connectivity index (χ2n) is 10.1. The number of hydrogen-bond donors (Lipinski definition) is 2. The zero-order valence-electron chi connectivity index (χ0n) is 19.2. The highest BCUT2D eigenvalue weighted by atomic mass is 16.5. The van der Waals surface area contributed by atoms with Crippen LogP contribution >= 0.6 is 0 Å². The van der Waals surface area contributed by atoms with Gasteiger partial charge in [0.2, 0.25) is 5.91 Å². The highest BCUT2D eigenvalue weighted by Gasteiger charge is 2.45. The minimum atomic E-state index is -0.469. The molecule has 2 aliphatic heterocycles. The highest BCUT2D eigenvalue weighted by molar-refractivity contribution is 5.80. The molecular formula is C24H41N3O4. The monoisotopic (exact) mass is 435 g/mol. The van der Waals surface area contributed by atoms with Crippen molar-refractivity contribution >= 4 is 11.9 Å². The number of hydrogen-bond acceptors (Lipinski definition) is 6. The summed E-state index contributed by atoms with van der Waals surface area (Å²) >= 11 is 0. The molecule has 4 aliphatic rings. The highest BCUT2D eigenvalue weighted by Crippen LogP contribution is 2.45. The fourth-order valence-corrected chi connectivity index (χ4v) is 6.26. The van der Waals surface area contributed by atoms with Crippen LogP contribution in [0.4, 0.5) is 0 Å². The first kappa shape index (κ1) is 23.0. The van der Waals surface area contributed by atoms with Gasteiger partial charge in [0, 0.05) is 45.7 Å². The molecule has 5 atom stereocenters. The number of carbonyl (C=O) groups is 2. The molecule has 1 amide bonds. The van der Waals surface area contributed by atoms with Crippen LogP contribution in [0, 0.1) is 17.8 Å². The molecule has 2 N–H and O–H groups in total. The van der Waals surface area contributed by atoms with E-state index in [-0.39, 0.29) is 24.1 Å². The van der Waals surface area contributed by atoms with Crippen LogP contribution in [0.3, 0.4) is 0 Å². The van der Waals surface area contributed by atoms with E-state index >= 15 is 0 Å². The SMILES string of the molecule is C[C@@H](OC1CCC2C(C1)OC(=O)CC2C1CCCCC1)C(=O)NCCCN1CCNC1. The standard InChI is InChI=1S/C24H41N3O4/c1-17(24(29)26-10-5-12-27-13-11-25-16-27)30-19-8-9-20-21(18-6-3-2-4-7-18)15-23(28)31-22(20)14-19/h17-22,25H,2-16H2,1H3,(H,26,29)/t17-,19?,20?,21?,22?/m1/s1. The average molecular weight is 436 g/mol. The van der Waals surface area contributed by atoms with Gasteiger partial charge in [0.15, 0.2) is 0 Å². The fourth-order valence-electron chi connectivity index (χ4n) is 6.26. The van der Waals surface area contributed by atoms with Gasteiger partial charge in [-0.1, -0.05) is 32.1 Å². The molecule has 0 spiro atoms. The van der Waals surface area contributed by atoms with Crippen molar-refractivity contribution in [2.24, 2.45) is 17.8 Å². The second-order valence-corrected chi connectivity index (χ2v) is 10.1. The Kier molecular flexibility index (Phi) is 8.24. The van der Waals surface area contributed by atoms with Gasteiger partial charge in [-0.25, -0.2) is 0 Å². The number of amides is 1. The van der Waals surface area contributed by atoms with Crippen molar-refractivity contribution in [3.8, 4) is 0 Å². The molecule has 0 aromatic carbocycles. The van der Waals surface area contributed by atoms with E-state index in [0.717, 1.165) is 52.0 Å². The van der Waals surface area contributed by atoms with Gasteiger partial charge in [0.1, 0.15) is 12.2 Å². The number of carbonyl (C=O) groups excluding carboxylic acids is 2. The van der Waals surface area contributed by atoms with Crippen molar-refractivity contribution in [2.45, 2.75) is 89.4 Å². The molecule has 7 nitrogen and oxygen atoms in total. The lowest BCUT2D eigenvalue weighted by Gasteiger charge is -2.46. The summed E-state index contributed by atoms with van der Waals surface area (Å²) < 4.78 is 11.9. The minimum Gasteiger partial charge on any atom is -0.462 e. The molecule has 2 saturated heterocycles. The van der Waals surface area contributed by atoms with E-state index in [1.807, 2.05) is 6.92 Å². The Morgan fingerprint density at radius 3 is 2.84 bits per heavy atom. The summed E-state index contributed by atoms with van der Waals surface area (Å²) in [5.41, 5.74) is 0. The molecule has 2 saturated carbocycles. The molecule has 4 fully saturated rings. The van der Waals surface area contributed by atoms with Crippen molar-refractivity contribution in [2.75, 3.05) is 32.8 Å². The molecule has 4 unspecified atom stereocenters. The molecule has 0 radical (unpaired) electrons. The van der Waals surface area contributed by atoms with Crippen molar-refractivity contribution in [3.05, 3.63) is 0 Å². The van der Waals surface area contributed by atoms with Crippen molar-refractivity contribution in [1.29, 1.82) is 0 Å². The molecular weight excluding hydrogens is 394 g/mol. The summed E-state index contributed by atoms with van der Waals surface area (Å²) in [4.78, 5) is 27.1. The zero-order valence-corrected chi connectivity index (χ0v) is 19.2. The molecule has 2 aliphatic carbocycles. The largest absolute Gasteiger partial charge is 0.462 e. The summed E-state index contributed by atoms with van der Waals surface area (Å²) in [6.45, 7) is 6.61. The summed E-state index contributed by atoms with van der Waals surface area (Å²) in [6, 6.07) is 0. The van der Waals surface area contributed by atoms with E-state index in [1.165, 1.54) is 32.1 Å². The van der Waals surface area contributed by atoms with Crippen LogP contribution in [0.1, 0.15) is 71.1 Å². The Balaban J connectivity index is 1.20. The van der Waals surface area contributed by atoms with Gasteiger partial charge in [-0.2, -0.15) is 0 Å². The van der Waals surface area contributed by atoms with E-state index in [0.29, 0.717) is 30.7 Å². The minimum absolute atomic E-state index is 0.00409. The van der Waals surface area contributed by atoms with Gasteiger partial charge < -0.3 is 20.1 Å². The molecule has 0 aromatic rings. The summed E-state index contributed by atoms with van der Waals surface area (Å²) in [5.74, 6) is 1.58. The van der Waals surface area contributed by atoms with Crippen LogP contribution in [0.5, 0.6) is 0 Å². The summed E-state index contributed by atoms with van der Waals surface area (Å²) in [5, 5.41) is 6.33. The molecule has 0 bridgehead atoms. The third-order valence-corrected chi connectivity index (χ3v) is 7.94. The maximum atomic E-state index is 12.5. The lowest BCUT2D eigenvalue weighted by atomic mass is 9.66. The van der Waals surface area contributed by atoms with Gasteiger partial charge in [0.05, 0.1) is 6.10 Å². The molecule has 4 rings (SSSR count). The second kappa shape index (κ2) is 11.1. The number of nitrogens with zero attached hydrogens (tertiary/aromatic N) is 1. The normalized spacial score (nSPS) is 33.5. The number of ether oxygens (including phenoxy) is 2. The number of esters is 1. The quantitative estimate of drug-likeness (QED) is 0.450. The Hall–Kier alpha value is -1.18. The van der Waals surface area contributed by atoms with E-state index in [2.05, 4.69) is 15.5 Å². The smallest absolute Gasteiger partial charge is 0.306 e. The maximum Gasteiger partial charge on any atom is 0.306 e. The Labute approximate surface area is 187 Å². The van der Waals surface area contributed by atoms with Crippen LogP contribution in [0.25, 0.3) is 0 Å². The van der Waals surface area contributed by atoms with Gasteiger partial charge in [-0.3, -0.25) is 14.5 Å². The predicted molar refractivity (Wildman–Crippen MR) is 118 cm³/mol. The van der Waals surface area contributed by atoms with Crippen LogP contribution < -0.4 is 10.6 Å². The average Bonchev–Trinajstić information content (AvgIpc) is 3.30. The molecule has 0 aromatic heterocycles. The Morgan fingerprint density at radius 2 is 2.06 bits per heavy atom. The number of rotatable bonds is 8. The summed E-state index contributed by atoms with van der Waals surface area (Å²) in [6.07, 6.45) is 10.3. The topological polar surface area (TPSA) is 79.9 Å². The molecule has 176 valence electrons. The van der Waals surface area contributed by atoms with Gasteiger partial charge in [-0.05, 0) is 43.9 Å². The third kappa shape index (κ3) is 6.20. The Morgan fingerprint density at radius 1 is 1.23 bits per heavy atom. The van der Waals surface area contributed by atoms with Crippen LogP contribution in [-0.4, -0.2) is 67.9 Å². The van der Waals surface area contributed by atoms with Crippen LogP contribution in [-0.2, 0) is 19.1 Å². The van der Waals surface area contributed by atoms with Gasteiger partial charge in [-0.15, -0.1) is 0 Å². The van der Waals surface area contributed by atoms with E-state index in [9.17, 15) is 9.59 Å². The zero-order chi connectivity index (χ0) is 21.6. The molecule has 7 heteroatoms. The molecule has 31 heavy (non-hydrogen) atoms. The van der Waals surface area contributed by atoms with E-state index < -0.39 is 6.10 Å². The van der Waals surface area contributed by atoms with E-state index in [1.54, 1.807) is 0 Å². The maximum absolute atomic E-state index is 12.5. The first-order valence-corrected chi connectivity index (χ1v) is 12.7.